The van der Waals surface area contributed by atoms with E-state index < -0.39 is 11.9 Å². The normalized spacial score (nSPS) is 10.9. The average Bonchev–Trinajstić information content (AvgIpc) is 3.25. The number of aromatic carboxylic acids is 1. The Hall–Kier alpha value is -3.94. The predicted octanol–water partition coefficient (Wildman–Crippen LogP) is 2.69. The van der Waals surface area contributed by atoms with E-state index in [0.717, 1.165) is 23.0 Å². The summed E-state index contributed by atoms with van der Waals surface area (Å²) >= 11 is 0. The van der Waals surface area contributed by atoms with Gasteiger partial charge in [0, 0.05) is 12.6 Å². The van der Waals surface area contributed by atoms with Gasteiger partial charge in [0.25, 0.3) is 5.91 Å². The van der Waals surface area contributed by atoms with E-state index >= 15 is 0 Å². The molecule has 0 radical (unpaired) electrons. The van der Waals surface area contributed by atoms with Crippen molar-refractivity contribution in [3.63, 3.8) is 0 Å². The number of hydrogen-bond acceptors (Lipinski definition) is 4. The van der Waals surface area contributed by atoms with E-state index in [1.807, 2.05) is 42.5 Å². The molecule has 2 N–H and O–H groups in total. The fraction of sp³-hybridized carbons (Fsp3) is 0.0526. The Labute approximate surface area is 153 Å². The molecule has 3 aromatic heterocycles. The highest BCUT2D eigenvalue weighted by Crippen LogP contribution is 2.21. The van der Waals surface area contributed by atoms with Gasteiger partial charge in [0.1, 0.15) is 11.3 Å². The minimum Gasteiger partial charge on any atom is -0.478 e. The van der Waals surface area contributed by atoms with Crippen LogP contribution in [0.4, 0.5) is 5.69 Å². The van der Waals surface area contributed by atoms with E-state index in [1.165, 1.54) is 11.7 Å². The number of amides is 1. The molecule has 0 aliphatic carbocycles. The molecule has 0 spiro atoms. The Balaban J connectivity index is 1.64. The van der Waals surface area contributed by atoms with Gasteiger partial charge in [0.05, 0.1) is 29.3 Å². The van der Waals surface area contributed by atoms with E-state index in [9.17, 15) is 14.7 Å². The van der Waals surface area contributed by atoms with Gasteiger partial charge < -0.3 is 10.4 Å². The van der Waals surface area contributed by atoms with Crippen LogP contribution in [0.3, 0.4) is 0 Å². The summed E-state index contributed by atoms with van der Waals surface area (Å²) in [5.74, 6) is -1.76. The third kappa shape index (κ3) is 3.04. The third-order valence-electron chi connectivity index (χ3n) is 4.17. The van der Waals surface area contributed by atoms with Crippen molar-refractivity contribution >= 4 is 23.1 Å². The Kier molecular flexibility index (Phi) is 3.92. The number of aromatic nitrogens is 4. The highest BCUT2D eigenvalue weighted by Gasteiger charge is 2.21. The minimum atomic E-state index is -1.21. The van der Waals surface area contributed by atoms with Gasteiger partial charge in [-0.15, -0.1) is 0 Å². The van der Waals surface area contributed by atoms with Crippen molar-refractivity contribution in [2.45, 2.75) is 0 Å². The van der Waals surface area contributed by atoms with Crippen molar-refractivity contribution in [3.05, 3.63) is 72.2 Å². The number of rotatable bonds is 4. The number of hydrogen-bond donors (Lipinski definition) is 2. The molecule has 0 fully saturated rings. The molecule has 0 atom stereocenters. The zero-order valence-electron chi connectivity index (χ0n) is 14.3. The first-order chi connectivity index (χ1) is 13.0. The van der Waals surface area contributed by atoms with Crippen molar-refractivity contribution in [3.8, 4) is 11.3 Å². The number of aryl methyl sites for hydroxylation is 1. The fourth-order valence-electron chi connectivity index (χ4n) is 2.86. The first-order valence-corrected chi connectivity index (χ1v) is 8.14. The maximum Gasteiger partial charge on any atom is 0.339 e. The summed E-state index contributed by atoms with van der Waals surface area (Å²) in [6.07, 6.45) is 2.83. The summed E-state index contributed by atoms with van der Waals surface area (Å²) in [4.78, 5) is 23.8. The monoisotopic (exact) mass is 361 g/mol. The second kappa shape index (κ2) is 6.41. The molecular formula is C19H15N5O3. The van der Waals surface area contributed by atoms with Crippen LogP contribution in [0.5, 0.6) is 0 Å². The lowest BCUT2D eigenvalue weighted by molar-refractivity contribution is 0.0692. The van der Waals surface area contributed by atoms with E-state index in [1.54, 1.807) is 16.8 Å². The summed E-state index contributed by atoms with van der Waals surface area (Å²) in [6, 6.07) is 15.3. The molecule has 0 aliphatic heterocycles. The lowest BCUT2D eigenvalue weighted by Crippen LogP contribution is -2.19. The molecule has 8 nitrogen and oxygen atoms in total. The number of carboxylic acids is 1. The number of benzene rings is 1. The first-order valence-electron chi connectivity index (χ1n) is 8.14. The number of nitrogens with zero attached hydrogens (tertiary/aromatic N) is 4. The van der Waals surface area contributed by atoms with Crippen molar-refractivity contribution < 1.29 is 14.7 Å². The summed E-state index contributed by atoms with van der Waals surface area (Å²) < 4.78 is 2.90. The molecule has 4 aromatic rings. The molecule has 0 bridgehead atoms. The van der Waals surface area contributed by atoms with Gasteiger partial charge >= 0.3 is 5.97 Å². The lowest BCUT2D eigenvalue weighted by Gasteiger charge is -2.07. The number of carbonyl (C=O) groups is 2. The highest BCUT2D eigenvalue weighted by molar-refractivity contribution is 6.09. The summed E-state index contributed by atoms with van der Waals surface area (Å²) in [6.45, 7) is 0. The van der Waals surface area contributed by atoms with Gasteiger partial charge in [-0.3, -0.25) is 9.48 Å². The Bertz CT molecular complexity index is 1160. The van der Waals surface area contributed by atoms with E-state index in [4.69, 9.17) is 0 Å². The first kappa shape index (κ1) is 16.5. The largest absolute Gasteiger partial charge is 0.478 e. The SMILES string of the molecule is Cn1ncc(C(=O)O)c1C(=O)Nc1ccc2cc(-c3ccccc3)nn2c1. The molecule has 134 valence electrons. The molecule has 0 saturated heterocycles. The van der Waals surface area contributed by atoms with Gasteiger partial charge in [0.2, 0.25) is 0 Å². The van der Waals surface area contributed by atoms with Crippen LogP contribution in [-0.4, -0.2) is 36.4 Å². The van der Waals surface area contributed by atoms with Crippen LogP contribution < -0.4 is 5.32 Å². The number of carbonyl (C=O) groups excluding carboxylic acids is 1. The lowest BCUT2D eigenvalue weighted by atomic mass is 10.1. The van der Waals surface area contributed by atoms with E-state index in [0.29, 0.717) is 5.69 Å². The van der Waals surface area contributed by atoms with Crippen LogP contribution in [0.1, 0.15) is 20.8 Å². The summed E-state index contributed by atoms with van der Waals surface area (Å²) in [5, 5.41) is 20.3. The number of carboxylic acid groups (broad SMARTS) is 1. The van der Waals surface area contributed by atoms with Gasteiger partial charge in [-0.2, -0.15) is 10.2 Å². The number of nitrogens with one attached hydrogen (secondary N) is 1. The van der Waals surface area contributed by atoms with Crippen LogP contribution in [0.2, 0.25) is 0 Å². The maximum atomic E-state index is 12.5. The number of pyridine rings is 1. The molecule has 3 heterocycles. The molecule has 0 unspecified atom stereocenters. The van der Waals surface area contributed by atoms with Crippen LogP contribution in [0.15, 0.2) is 60.9 Å². The molecule has 1 aromatic carbocycles. The zero-order chi connectivity index (χ0) is 19.0. The molecule has 27 heavy (non-hydrogen) atoms. The zero-order valence-corrected chi connectivity index (χ0v) is 14.3. The third-order valence-corrected chi connectivity index (χ3v) is 4.17. The van der Waals surface area contributed by atoms with E-state index in [2.05, 4.69) is 15.5 Å². The smallest absolute Gasteiger partial charge is 0.339 e. The van der Waals surface area contributed by atoms with Crippen LogP contribution in [-0.2, 0) is 7.05 Å². The second-order valence-corrected chi connectivity index (χ2v) is 5.97. The molecule has 0 saturated carbocycles. The molecule has 1 amide bonds. The van der Waals surface area contributed by atoms with Crippen LogP contribution in [0.25, 0.3) is 16.8 Å². The minimum absolute atomic E-state index is 0.0203. The maximum absolute atomic E-state index is 12.5. The van der Waals surface area contributed by atoms with Gasteiger partial charge in [-0.25, -0.2) is 9.31 Å². The van der Waals surface area contributed by atoms with Gasteiger partial charge in [-0.05, 0) is 18.2 Å². The Morgan fingerprint density at radius 1 is 1.11 bits per heavy atom. The van der Waals surface area contributed by atoms with Crippen molar-refractivity contribution in [1.82, 2.24) is 19.4 Å². The fourth-order valence-corrected chi connectivity index (χ4v) is 2.86. The van der Waals surface area contributed by atoms with Crippen molar-refractivity contribution in [2.75, 3.05) is 5.32 Å². The second-order valence-electron chi connectivity index (χ2n) is 5.97. The Morgan fingerprint density at radius 3 is 2.63 bits per heavy atom. The molecule has 8 heteroatoms. The van der Waals surface area contributed by atoms with Crippen LogP contribution >= 0.6 is 0 Å². The molecular weight excluding hydrogens is 346 g/mol. The molecule has 0 aliphatic rings. The summed E-state index contributed by atoms with van der Waals surface area (Å²) in [5.41, 5.74) is 3.01. The van der Waals surface area contributed by atoms with Crippen molar-refractivity contribution in [1.29, 1.82) is 0 Å². The topological polar surface area (TPSA) is 102 Å². The standard InChI is InChI=1S/C19H15N5O3/c1-23-17(15(10-20-23)19(26)27)18(25)21-13-7-8-14-9-16(22-24(14)11-13)12-5-3-2-4-6-12/h2-11H,1H3,(H,21,25)(H,26,27). The van der Waals surface area contributed by atoms with Crippen molar-refractivity contribution in [2.24, 2.45) is 7.05 Å². The predicted molar refractivity (Wildman–Crippen MR) is 98.7 cm³/mol. The number of anilines is 1. The summed E-state index contributed by atoms with van der Waals surface area (Å²) in [7, 11) is 1.52. The Morgan fingerprint density at radius 2 is 1.89 bits per heavy atom. The van der Waals surface area contributed by atoms with Gasteiger partial charge in [-0.1, -0.05) is 30.3 Å². The number of fused-ring (bicyclic) bond motifs is 1. The van der Waals surface area contributed by atoms with Gasteiger partial charge in [0.15, 0.2) is 0 Å². The molecule has 4 rings (SSSR count). The van der Waals surface area contributed by atoms with Crippen LogP contribution in [0, 0.1) is 0 Å². The van der Waals surface area contributed by atoms with E-state index in [-0.39, 0.29) is 11.3 Å². The highest BCUT2D eigenvalue weighted by atomic mass is 16.4. The quantitative estimate of drug-likeness (QED) is 0.582. The average molecular weight is 361 g/mol.